The predicted molar refractivity (Wildman–Crippen MR) is 46.7 cm³/mol. The van der Waals surface area contributed by atoms with Crippen molar-refractivity contribution < 1.29 is 18.4 Å². The largest absolute Gasteiger partial charge is 0.368 e. The highest BCUT2D eigenvalue weighted by Gasteiger charge is 2.23. The lowest BCUT2D eigenvalue weighted by molar-refractivity contribution is -0.145. The Morgan fingerprint density at radius 1 is 1.43 bits per heavy atom. The zero-order valence-electron chi connectivity index (χ0n) is 8.00. The Labute approximate surface area is 81.0 Å². The van der Waals surface area contributed by atoms with Gasteiger partial charge >= 0.3 is 6.43 Å². The van der Waals surface area contributed by atoms with Crippen molar-refractivity contribution in [2.45, 2.75) is 26.2 Å². The molecule has 2 N–H and O–H groups in total. The molecule has 4 nitrogen and oxygen atoms in total. The first kappa shape index (κ1) is 12.8. The van der Waals surface area contributed by atoms with E-state index in [1.165, 1.54) is 0 Å². The zero-order valence-corrected chi connectivity index (χ0v) is 8.00. The Hall–Kier alpha value is -1.20. The molecule has 0 aliphatic heterocycles. The molecule has 14 heavy (non-hydrogen) atoms. The summed E-state index contributed by atoms with van der Waals surface area (Å²) < 4.78 is 24.0. The van der Waals surface area contributed by atoms with E-state index in [2.05, 4.69) is 0 Å². The number of nitrogens with two attached hydrogens (primary N) is 1. The molecule has 0 atom stereocenters. The van der Waals surface area contributed by atoms with Gasteiger partial charge in [0.15, 0.2) is 0 Å². The molecule has 0 aromatic rings. The molecule has 0 unspecified atom stereocenters. The predicted octanol–water partition coefficient (Wildman–Crippen LogP) is 0.366. The molecule has 0 aromatic heterocycles. The van der Waals surface area contributed by atoms with Gasteiger partial charge in [-0.05, 0) is 6.42 Å². The molecular formula is C8H14F2N2O2. The number of nitrogens with zero attached hydrogens (tertiary/aromatic N) is 1. The van der Waals surface area contributed by atoms with Crippen LogP contribution in [0.3, 0.4) is 0 Å². The number of carbonyl (C=O) groups excluding carboxylic acids is 2. The third-order valence-electron chi connectivity index (χ3n) is 1.63. The van der Waals surface area contributed by atoms with E-state index < -0.39 is 24.8 Å². The summed E-state index contributed by atoms with van der Waals surface area (Å²) in [4.78, 5) is 22.1. The van der Waals surface area contributed by atoms with Crippen LogP contribution in [0.1, 0.15) is 19.8 Å². The van der Waals surface area contributed by atoms with Crippen molar-refractivity contribution in [3.63, 3.8) is 0 Å². The van der Waals surface area contributed by atoms with Gasteiger partial charge in [0, 0.05) is 6.54 Å². The molecule has 0 fully saturated rings. The fourth-order valence-corrected chi connectivity index (χ4v) is 0.942. The van der Waals surface area contributed by atoms with Crippen molar-refractivity contribution in [1.82, 2.24) is 4.90 Å². The van der Waals surface area contributed by atoms with Gasteiger partial charge in [-0.2, -0.15) is 8.78 Å². The van der Waals surface area contributed by atoms with E-state index in [0.717, 1.165) is 11.3 Å². The molecule has 0 aromatic carbocycles. The van der Waals surface area contributed by atoms with Gasteiger partial charge in [-0.15, -0.1) is 0 Å². The Bertz CT molecular complexity index is 210. The van der Waals surface area contributed by atoms with E-state index in [0.29, 0.717) is 6.42 Å². The quantitative estimate of drug-likeness (QED) is 0.685. The summed E-state index contributed by atoms with van der Waals surface area (Å²) in [6.45, 7) is 1.56. The summed E-state index contributed by atoms with van der Waals surface area (Å²) in [6, 6.07) is 0. The average molecular weight is 208 g/mol. The summed E-state index contributed by atoms with van der Waals surface area (Å²) in [5.74, 6) is -2.12. The molecule has 2 amide bonds. The average Bonchev–Trinajstić information content (AvgIpc) is 2.10. The molecule has 0 aliphatic rings. The molecule has 0 aliphatic carbocycles. The number of hydrogen-bond donors (Lipinski definition) is 1. The molecule has 82 valence electrons. The van der Waals surface area contributed by atoms with Crippen LogP contribution in [-0.2, 0) is 9.59 Å². The van der Waals surface area contributed by atoms with E-state index in [1.807, 2.05) is 6.92 Å². The minimum Gasteiger partial charge on any atom is -0.368 e. The van der Waals surface area contributed by atoms with Gasteiger partial charge in [-0.3, -0.25) is 9.59 Å². The van der Waals surface area contributed by atoms with Crippen molar-refractivity contribution in [2.75, 3.05) is 13.1 Å². The van der Waals surface area contributed by atoms with Crippen LogP contribution in [0.4, 0.5) is 8.78 Å². The third kappa shape index (κ3) is 4.74. The van der Waals surface area contributed by atoms with Crippen LogP contribution in [0.15, 0.2) is 0 Å². The molecule has 0 bridgehead atoms. The number of primary amides is 1. The van der Waals surface area contributed by atoms with Gasteiger partial charge in [0.1, 0.15) is 0 Å². The number of unbranched alkanes of at least 4 members (excludes halogenated alkanes) is 1. The molecule has 0 spiro atoms. The van der Waals surface area contributed by atoms with Gasteiger partial charge < -0.3 is 10.6 Å². The minimum atomic E-state index is -3.08. The first-order valence-corrected chi connectivity index (χ1v) is 4.34. The van der Waals surface area contributed by atoms with Gasteiger partial charge in [0.05, 0.1) is 6.54 Å². The highest BCUT2D eigenvalue weighted by Crippen LogP contribution is 2.02. The van der Waals surface area contributed by atoms with Gasteiger partial charge in [-0.1, -0.05) is 13.3 Å². The molecule has 0 heterocycles. The van der Waals surface area contributed by atoms with E-state index in [9.17, 15) is 18.4 Å². The van der Waals surface area contributed by atoms with Crippen molar-refractivity contribution in [1.29, 1.82) is 0 Å². The number of alkyl halides is 2. The highest BCUT2D eigenvalue weighted by atomic mass is 19.3. The lowest BCUT2D eigenvalue weighted by Crippen LogP contribution is -2.42. The summed E-state index contributed by atoms with van der Waals surface area (Å²) in [7, 11) is 0. The van der Waals surface area contributed by atoms with Crippen molar-refractivity contribution in [3.8, 4) is 0 Å². The van der Waals surface area contributed by atoms with Crippen LogP contribution in [0, 0.1) is 0 Å². The van der Waals surface area contributed by atoms with Crippen LogP contribution < -0.4 is 5.73 Å². The Balaban J connectivity index is 4.22. The standard InChI is InChI=1S/C8H14F2N2O2/c1-2-3-4-12(5-6(11)13)8(14)7(9)10/h7H,2-5H2,1H3,(H2,11,13). The molecule has 0 radical (unpaired) electrons. The second-order valence-electron chi connectivity index (χ2n) is 2.88. The lowest BCUT2D eigenvalue weighted by Gasteiger charge is -2.20. The molecule has 0 saturated heterocycles. The smallest absolute Gasteiger partial charge is 0.315 e. The van der Waals surface area contributed by atoms with Crippen LogP contribution in [0.25, 0.3) is 0 Å². The highest BCUT2D eigenvalue weighted by molar-refractivity contribution is 5.85. The van der Waals surface area contributed by atoms with E-state index in [-0.39, 0.29) is 6.54 Å². The van der Waals surface area contributed by atoms with Crippen LogP contribution in [0.2, 0.25) is 0 Å². The Kier molecular flexibility index (Phi) is 5.74. The number of hydrogen-bond acceptors (Lipinski definition) is 2. The molecular weight excluding hydrogens is 194 g/mol. The Morgan fingerprint density at radius 3 is 2.36 bits per heavy atom. The summed E-state index contributed by atoms with van der Waals surface area (Å²) in [5.41, 5.74) is 4.83. The van der Waals surface area contributed by atoms with E-state index in [4.69, 9.17) is 5.73 Å². The summed E-state index contributed by atoms with van der Waals surface area (Å²) >= 11 is 0. The zero-order chi connectivity index (χ0) is 11.1. The van der Waals surface area contributed by atoms with Crippen molar-refractivity contribution in [2.24, 2.45) is 5.73 Å². The van der Waals surface area contributed by atoms with Crippen LogP contribution >= 0.6 is 0 Å². The molecule has 6 heteroatoms. The first-order chi connectivity index (χ1) is 6.49. The second kappa shape index (κ2) is 6.28. The number of carbonyl (C=O) groups is 2. The minimum absolute atomic E-state index is 0.141. The van der Waals surface area contributed by atoms with E-state index in [1.54, 1.807) is 0 Å². The Morgan fingerprint density at radius 2 is 2.00 bits per heavy atom. The van der Waals surface area contributed by atoms with Gasteiger partial charge in [0.25, 0.3) is 5.91 Å². The van der Waals surface area contributed by atoms with Crippen LogP contribution in [0.5, 0.6) is 0 Å². The maximum Gasteiger partial charge on any atom is 0.315 e. The van der Waals surface area contributed by atoms with Crippen molar-refractivity contribution in [3.05, 3.63) is 0 Å². The number of amides is 2. The number of rotatable bonds is 6. The summed E-state index contributed by atoms with van der Waals surface area (Å²) in [5, 5.41) is 0. The second-order valence-corrected chi connectivity index (χ2v) is 2.88. The SMILES string of the molecule is CCCCN(CC(N)=O)C(=O)C(F)F. The molecule has 0 rings (SSSR count). The van der Waals surface area contributed by atoms with E-state index >= 15 is 0 Å². The monoisotopic (exact) mass is 208 g/mol. The topological polar surface area (TPSA) is 63.4 Å². The maximum absolute atomic E-state index is 12.0. The van der Waals surface area contributed by atoms with Crippen LogP contribution in [-0.4, -0.2) is 36.2 Å². The molecule has 0 saturated carbocycles. The number of halogens is 2. The lowest BCUT2D eigenvalue weighted by atomic mass is 10.3. The normalized spacial score (nSPS) is 10.3. The van der Waals surface area contributed by atoms with Crippen molar-refractivity contribution >= 4 is 11.8 Å². The fraction of sp³-hybridized carbons (Fsp3) is 0.750. The summed E-state index contributed by atoms with van der Waals surface area (Å²) in [6.07, 6.45) is -1.75. The third-order valence-corrected chi connectivity index (χ3v) is 1.63. The first-order valence-electron chi connectivity index (χ1n) is 4.34. The fourth-order valence-electron chi connectivity index (χ4n) is 0.942. The van der Waals surface area contributed by atoms with Gasteiger partial charge in [0.2, 0.25) is 5.91 Å². The maximum atomic E-state index is 12.0. The van der Waals surface area contributed by atoms with Gasteiger partial charge in [-0.25, -0.2) is 0 Å².